The van der Waals surface area contributed by atoms with E-state index >= 15 is 0 Å². The Morgan fingerprint density at radius 2 is 1.53 bits per heavy atom. The molecular weight excluding hydrogens is 638 g/mol. The van der Waals surface area contributed by atoms with E-state index in [4.69, 9.17) is 21.1 Å². The van der Waals surface area contributed by atoms with Crippen molar-refractivity contribution in [1.82, 2.24) is 10.2 Å². The molecule has 0 aliphatic heterocycles. The number of halogens is 1. The molecule has 0 aromatic heterocycles. The second-order valence-electron chi connectivity index (χ2n) is 11.3. The quantitative estimate of drug-likeness (QED) is 0.175. The van der Waals surface area contributed by atoms with Crippen LogP contribution >= 0.6 is 11.6 Å². The van der Waals surface area contributed by atoms with Crippen molar-refractivity contribution in [3.63, 3.8) is 0 Å². The summed E-state index contributed by atoms with van der Waals surface area (Å²) in [5.74, 6) is -0.421. The number of hydrogen-bond acceptors (Lipinski definition) is 6. The number of carbonyl (C=O) groups excluding carboxylic acids is 2. The number of sulfonamides is 1. The third-order valence-electron chi connectivity index (χ3n) is 7.54. The number of rotatable bonds is 14. The number of ether oxygens (including phenoxy) is 2. The molecule has 4 rings (SSSR count). The number of benzene rings is 4. The molecule has 248 valence electrons. The Hall–Kier alpha value is -4.54. The Morgan fingerprint density at radius 3 is 2.15 bits per heavy atom. The fraction of sp³-hybridized carbons (Fsp3) is 0.278. The number of amides is 2. The number of methoxy groups -OCH3 is 2. The van der Waals surface area contributed by atoms with Crippen LogP contribution in [0.1, 0.15) is 30.5 Å². The number of hydrogen-bond donors (Lipinski definition) is 1. The van der Waals surface area contributed by atoms with Crippen LogP contribution in [0, 0.1) is 6.92 Å². The van der Waals surface area contributed by atoms with Crippen molar-refractivity contribution in [3.8, 4) is 11.5 Å². The number of nitrogens with one attached hydrogen (secondary N) is 1. The minimum absolute atomic E-state index is 0.0168. The summed E-state index contributed by atoms with van der Waals surface area (Å²) in [7, 11) is -1.46. The Kier molecular flexibility index (Phi) is 11.9. The van der Waals surface area contributed by atoms with Gasteiger partial charge in [-0.05, 0) is 62.2 Å². The molecule has 0 aliphatic rings. The molecule has 0 fully saturated rings. The van der Waals surface area contributed by atoms with Crippen molar-refractivity contribution in [3.05, 3.63) is 119 Å². The van der Waals surface area contributed by atoms with E-state index in [1.807, 2.05) is 51.1 Å². The number of carbonyl (C=O) groups is 2. The van der Waals surface area contributed by atoms with Crippen LogP contribution in [-0.4, -0.2) is 58.0 Å². The van der Waals surface area contributed by atoms with Gasteiger partial charge in [-0.15, -0.1) is 0 Å². The fourth-order valence-corrected chi connectivity index (χ4v) is 6.70. The molecule has 0 unspecified atom stereocenters. The van der Waals surface area contributed by atoms with Gasteiger partial charge in [0.25, 0.3) is 10.0 Å². The molecule has 0 bridgehead atoms. The molecular formula is C36H40ClN3O6S. The van der Waals surface area contributed by atoms with Gasteiger partial charge in [-0.3, -0.25) is 13.9 Å². The fourth-order valence-electron chi connectivity index (χ4n) is 5.09. The van der Waals surface area contributed by atoms with E-state index in [1.165, 1.54) is 37.3 Å². The summed E-state index contributed by atoms with van der Waals surface area (Å²) >= 11 is 6.57. The summed E-state index contributed by atoms with van der Waals surface area (Å²) in [6.07, 6.45) is 0.183. The molecule has 2 amide bonds. The van der Waals surface area contributed by atoms with Crippen LogP contribution in [0.2, 0.25) is 5.02 Å². The van der Waals surface area contributed by atoms with E-state index in [9.17, 15) is 18.0 Å². The van der Waals surface area contributed by atoms with E-state index in [0.717, 1.165) is 15.4 Å². The third-order valence-corrected chi connectivity index (χ3v) is 9.69. The Bertz CT molecular complexity index is 1780. The monoisotopic (exact) mass is 677 g/mol. The SMILES string of the molecule is COc1ccc(OC)c(N(CC(=O)N(Cc2ccccc2Cl)[C@H](Cc2ccccc2)C(=O)NC(C)C)S(=O)(=O)c2ccc(C)cc2)c1. The van der Waals surface area contributed by atoms with Crippen LogP contribution in [-0.2, 0) is 32.6 Å². The zero-order valence-corrected chi connectivity index (χ0v) is 28.7. The summed E-state index contributed by atoms with van der Waals surface area (Å²) in [6.45, 7) is 4.83. The first-order chi connectivity index (χ1) is 22.4. The van der Waals surface area contributed by atoms with Crippen LogP contribution in [0.5, 0.6) is 11.5 Å². The van der Waals surface area contributed by atoms with E-state index < -0.39 is 28.5 Å². The first-order valence-corrected chi connectivity index (χ1v) is 16.9. The molecule has 1 N–H and O–H groups in total. The summed E-state index contributed by atoms with van der Waals surface area (Å²) in [6, 6.07) is 26.2. The van der Waals surface area contributed by atoms with Gasteiger partial charge in [-0.1, -0.05) is 77.8 Å². The van der Waals surface area contributed by atoms with Gasteiger partial charge in [-0.2, -0.15) is 0 Å². The zero-order chi connectivity index (χ0) is 34.1. The molecule has 0 heterocycles. The maximum Gasteiger partial charge on any atom is 0.264 e. The molecule has 0 spiro atoms. The maximum atomic E-state index is 14.7. The summed E-state index contributed by atoms with van der Waals surface area (Å²) in [4.78, 5) is 29.9. The molecule has 0 saturated carbocycles. The predicted molar refractivity (Wildman–Crippen MR) is 184 cm³/mol. The van der Waals surface area contributed by atoms with E-state index in [0.29, 0.717) is 16.3 Å². The smallest absolute Gasteiger partial charge is 0.264 e. The van der Waals surface area contributed by atoms with Gasteiger partial charge in [0.2, 0.25) is 11.8 Å². The molecule has 9 nitrogen and oxygen atoms in total. The molecule has 4 aromatic rings. The van der Waals surface area contributed by atoms with Gasteiger partial charge in [0.1, 0.15) is 24.1 Å². The average molecular weight is 678 g/mol. The summed E-state index contributed by atoms with van der Waals surface area (Å²) in [5, 5.41) is 3.35. The highest BCUT2D eigenvalue weighted by atomic mass is 35.5. The zero-order valence-electron chi connectivity index (χ0n) is 27.1. The lowest BCUT2D eigenvalue weighted by atomic mass is 10.0. The lowest BCUT2D eigenvalue weighted by Crippen LogP contribution is -2.54. The van der Waals surface area contributed by atoms with Gasteiger partial charge < -0.3 is 19.7 Å². The van der Waals surface area contributed by atoms with Crippen molar-refractivity contribution in [2.24, 2.45) is 0 Å². The Labute approximate surface area is 282 Å². The largest absolute Gasteiger partial charge is 0.497 e. The number of aryl methyl sites for hydroxylation is 1. The molecule has 1 atom stereocenters. The lowest BCUT2D eigenvalue weighted by molar-refractivity contribution is -0.140. The van der Waals surface area contributed by atoms with E-state index in [2.05, 4.69) is 5.32 Å². The maximum absolute atomic E-state index is 14.7. The highest BCUT2D eigenvalue weighted by Crippen LogP contribution is 2.36. The molecule has 11 heteroatoms. The molecule has 0 aliphatic carbocycles. The predicted octanol–water partition coefficient (Wildman–Crippen LogP) is 6.03. The van der Waals surface area contributed by atoms with Gasteiger partial charge in [0.15, 0.2) is 0 Å². The van der Waals surface area contributed by atoms with Gasteiger partial charge >= 0.3 is 0 Å². The van der Waals surface area contributed by atoms with Gasteiger partial charge in [0.05, 0.1) is 24.8 Å². The van der Waals surface area contributed by atoms with Gasteiger partial charge in [0, 0.05) is 30.1 Å². The third kappa shape index (κ3) is 8.84. The standard InChI is InChI=1S/C36H40ClN3O6S/c1-25(2)38-36(42)33(21-27-11-7-6-8-12-27)39(23-28-13-9-10-14-31(28)37)35(41)24-40(32-22-29(45-4)17-20-34(32)46-5)47(43,44)30-18-15-26(3)16-19-30/h6-20,22,25,33H,21,23-24H2,1-5H3,(H,38,42)/t33-/m1/s1. The Morgan fingerprint density at radius 1 is 0.872 bits per heavy atom. The lowest BCUT2D eigenvalue weighted by Gasteiger charge is -2.34. The van der Waals surface area contributed by atoms with Crippen LogP contribution < -0.4 is 19.1 Å². The summed E-state index contributed by atoms with van der Waals surface area (Å²) < 4.78 is 40.7. The van der Waals surface area contributed by atoms with Crippen molar-refractivity contribution in [1.29, 1.82) is 0 Å². The molecule has 0 radical (unpaired) electrons. The first-order valence-electron chi connectivity index (χ1n) is 15.1. The Balaban J connectivity index is 1.88. The first kappa shape index (κ1) is 35.3. The van der Waals surface area contributed by atoms with Crippen molar-refractivity contribution < 1.29 is 27.5 Å². The number of nitrogens with zero attached hydrogens (tertiary/aromatic N) is 2. The van der Waals surface area contributed by atoms with Crippen molar-refractivity contribution in [2.75, 3.05) is 25.1 Å². The molecule has 47 heavy (non-hydrogen) atoms. The normalized spacial score (nSPS) is 11.9. The number of anilines is 1. The van der Waals surface area contributed by atoms with Crippen LogP contribution in [0.3, 0.4) is 0 Å². The topological polar surface area (TPSA) is 105 Å². The summed E-state index contributed by atoms with van der Waals surface area (Å²) in [5.41, 5.74) is 2.40. The highest BCUT2D eigenvalue weighted by molar-refractivity contribution is 7.92. The molecule has 4 aromatic carbocycles. The van der Waals surface area contributed by atoms with Gasteiger partial charge in [-0.25, -0.2) is 8.42 Å². The van der Waals surface area contributed by atoms with Crippen molar-refractivity contribution in [2.45, 2.75) is 50.7 Å². The average Bonchev–Trinajstić information content (AvgIpc) is 3.05. The minimum Gasteiger partial charge on any atom is -0.497 e. The molecule has 0 saturated heterocycles. The second-order valence-corrected chi connectivity index (χ2v) is 13.6. The second kappa shape index (κ2) is 15.8. The van der Waals surface area contributed by atoms with E-state index in [1.54, 1.807) is 48.5 Å². The van der Waals surface area contributed by atoms with Crippen LogP contribution in [0.15, 0.2) is 102 Å². The van der Waals surface area contributed by atoms with Crippen LogP contribution in [0.25, 0.3) is 0 Å². The minimum atomic E-state index is -4.34. The van der Waals surface area contributed by atoms with E-state index in [-0.39, 0.29) is 41.2 Å². The highest BCUT2D eigenvalue weighted by Gasteiger charge is 2.36. The van der Waals surface area contributed by atoms with Crippen LogP contribution in [0.4, 0.5) is 5.69 Å². The van der Waals surface area contributed by atoms with Crippen molar-refractivity contribution >= 4 is 39.1 Å².